The van der Waals surface area contributed by atoms with Crippen LogP contribution in [0, 0.1) is 0 Å². The number of nitrogens with one attached hydrogen (secondary N) is 1. The maximum Gasteiger partial charge on any atom is 0.130 e. The van der Waals surface area contributed by atoms with Gasteiger partial charge < -0.3 is 15.0 Å². The molecule has 0 spiro atoms. The quantitative estimate of drug-likeness (QED) is 0.524. The lowest BCUT2D eigenvalue weighted by molar-refractivity contribution is 0.373. The van der Waals surface area contributed by atoms with Gasteiger partial charge in [0.1, 0.15) is 11.6 Å². The molecule has 1 saturated heterocycles. The molecule has 3 aromatic heterocycles. The number of methoxy groups -OCH3 is 1. The fraction of sp³-hybridized carbons (Fsp3) is 0.400. The highest BCUT2D eigenvalue weighted by atomic mass is 16.5. The Kier molecular flexibility index (Phi) is 5.01. The first-order valence-electron chi connectivity index (χ1n) is 11.1. The summed E-state index contributed by atoms with van der Waals surface area (Å²) in [5.41, 5.74) is 3.75. The summed E-state index contributed by atoms with van der Waals surface area (Å²) in [6.45, 7) is 8.64. The second kappa shape index (κ2) is 7.74. The number of aryl methyl sites for hydroxylation is 1. The average Bonchev–Trinajstić information content (AvgIpc) is 3.35. The summed E-state index contributed by atoms with van der Waals surface area (Å²) in [7, 11) is 3.60. The van der Waals surface area contributed by atoms with Crippen molar-refractivity contribution in [3.8, 4) is 17.0 Å². The van der Waals surface area contributed by atoms with Crippen LogP contribution in [0.1, 0.15) is 27.2 Å². The molecule has 0 aliphatic carbocycles. The van der Waals surface area contributed by atoms with E-state index in [1.807, 2.05) is 30.2 Å². The average molecular weight is 431 g/mol. The number of hydrogen-bond acceptors (Lipinski definition) is 6. The van der Waals surface area contributed by atoms with Crippen LogP contribution in [0.15, 0.2) is 42.7 Å². The number of pyridine rings is 2. The fourth-order valence-corrected chi connectivity index (χ4v) is 4.58. The molecule has 4 aromatic rings. The molecule has 1 N–H and O–H groups in total. The monoisotopic (exact) mass is 430 g/mol. The van der Waals surface area contributed by atoms with Crippen molar-refractivity contribution < 1.29 is 4.74 Å². The van der Waals surface area contributed by atoms with Gasteiger partial charge >= 0.3 is 0 Å². The topological polar surface area (TPSA) is 68.1 Å². The Morgan fingerprint density at radius 3 is 2.72 bits per heavy atom. The van der Waals surface area contributed by atoms with Gasteiger partial charge in [0.25, 0.3) is 0 Å². The van der Waals surface area contributed by atoms with Crippen LogP contribution in [0.5, 0.6) is 5.75 Å². The second-order valence-electron chi connectivity index (χ2n) is 9.67. The number of benzene rings is 1. The van der Waals surface area contributed by atoms with E-state index in [0.29, 0.717) is 6.04 Å². The molecule has 1 aliphatic rings. The largest absolute Gasteiger partial charge is 0.496 e. The second-order valence-corrected chi connectivity index (χ2v) is 9.67. The molecule has 32 heavy (non-hydrogen) atoms. The molecule has 166 valence electrons. The van der Waals surface area contributed by atoms with E-state index in [4.69, 9.17) is 14.7 Å². The first-order valence-corrected chi connectivity index (χ1v) is 11.1. The van der Waals surface area contributed by atoms with Gasteiger partial charge in [0.15, 0.2) is 0 Å². The Hall–Kier alpha value is -3.19. The molecule has 0 radical (unpaired) electrons. The normalized spacial score (nSPS) is 16.9. The molecule has 1 aromatic carbocycles. The van der Waals surface area contributed by atoms with Gasteiger partial charge in [-0.2, -0.15) is 5.10 Å². The zero-order valence-corrected chi connectivity index (χ0v) is 19.4. The summed E-state index contributed by atoms with van der Waals surface area (Å²) in [6.07, 6.45) is 5.00. The molecule has 1 fully saturated rings. The van der Waals surface area contributed by atoms with Crippen molar-refractivity contribution in [2.45, 2.75) is 38.8 Å². The van der Waals surface area contributed by atoms with E-state index in [1.165, 1.54) is 0 Å². The van der Waals surface area contributed by atoms with Crippen molar-refractivity contribution >= 4 is 27.6 Å². The number of rotatable bonds is 4. The zero-order chi connectivity index (χ0) is 22.5. The first kappa shape index (κ1) is 20.7. The minimum absolute atomic E-state index is 0.123. The van der Waals surface area contributed by atoms with Crippen LogP contribution >= 0.6 is 0 Å². The molecule has 5 rings (SSSR count). The van der Waals surface area contributed by atoms with E-state index in [9.17, 15) is 0 Å². The predicted molar refractivity (Wildman–Crippen MR) is 129 cm³/mol. The van der Waals surface area contributed by atoms with Gasteiger partial charge in [0, 0.05) is 60.3 Å². The van der Waals surface area contributed by atoms with E-state index in [2.05, 4.69) is 60.4 Å². The van der Waals surface area contributed by atoms with E-state index in [0.717, 1.165) is 64.1 Å². The number of aromatic nitrogens is 4. The lowest BCUT2D eigenvalue weighted by atomic mass is 10.1. The summed E-state index contributed by atoms with van der Waals surface area (Å²) < 4.78 is 7.46. The van der Waals surface area contributed by atoms with Crippen LogP contribution in [0.4, 0.5) is 5.82 Å². The van der Waals surface area contributed by atoms with Gasteiger partial charge in [-0.25, -0.2) is 4.98 Å². The third-order valence-electron chi connectivity index (χ3n) is 5.93. The van der Waals surface area contributed by atoms with Crippen LogP contribution in [-0.4, -0.2) is 51.5 Å². The van der Waals surface area contributed by atoms with Crippen LogP contribution < -0.4 is 15.0 Å². The van der Waals surface area contributed by atoms with E-state index < -0.39 is 0 Å². The van der Waals surface area contributed by atoms with Crippen LogP contribution in [0.2, 0.25) is 0 Å². The maximum absolute atomic E-state index is 5.64. The Morgan fingerprint density at radius 2 is 1.94 bits per heavy atom. The van der Waals surface area contributed by atoms with E-state index in [-0.39, 0.29) is 5.54 Å². The number of fused-ring (bicyclic) bond motifs is 2. The third kappa shape index (κ3) is 4.00. The number of anilines is 1. The van der Waals surface area contributed by atoms with Crippen LogP contribution in [0.3, 0.4) is 0 Å². The highest BCUT2D eigenvalue weighted by Crippen LogP contribution is 2.34. The van der Waals surface area contributed by atoms with Crippen molar-refractivity contribution in [2.75, 3.05) is 25.1 Å². The summed E-state index contributed by atoms with van der Waals surface area (Å²) >= 11 is 0. The summed E-state index contributed by atoms with van der Waals surface area (Å²) in [6, 6.07) is 10.9. The predicted octanol–water partition coefficient (Wildman–Crippen LogP) is 4.16. The van der Waals surface area contributed by atoms with Gasteiger partial charge in [0.05, 0.1) is 30.0 Å². The maximum atomic E-state index is 5.64. The summed E-state index contributed by atoms with van der Waals surface area (Å²) in [4.78, 5) is 12.0. The van der Waals surface area contributed by atoms with Gasteiger partial charge in [-0.3, -0.25) is 9.67 Å². The highest BCUT2D eigenvalue weighted by molar-refractivity contribution is 5.90. The number of ether oxygens (including phenoxy) is 1. The lowest BCUT2D eigenvalue weighted by Crippen LogP contribution is -2.44. The van der Waals surface area contributed by atoms with E-state index in [1.54, 1.807) is 7.11 Å². The molecule has 0 amide bonds. The van der Waals surface area contributed by atoms with Crippen molar-refractivity contribution in [1.29, 1.82) is 0 Å². The van der Waals surface area contributed by atoms with Gasteiger partial charge in [-0.1, -0.05) is 0 Å². The SMILES string of the molecule is COc1cc2nn(C)cc2cc1-c1cc2ccc(N3CCC(NC(C)(C)C)C3)nc2cn1. The van der Waals surface area contributed by atoms with Crippen molar-refractivity contribution in [2.24, 2.45) is 7.05 Å². The first-order chi connectivity index (χ1) is 15.3. The molecule has 0 bridgehead atoms. The molecule has 7 nitrogen and oxygen atoms in total. The standard InChI is InChI=1S/C25H30N6O/c1-25(2,3)28-18-8-9-31(15-18)24-7-6-16-11-21(26-13-22(16)27-24)19-10-17-14-30(4)29-20(17)12-23(19)32-5/h6-7,10-14,18,28H,8-9,15H2,1-5H3. The molecule has 0 saturated carbocycles. The molecule has 7 heteroatoms. The Labute approximate surface area is 188 Å². The molecular formula is C25H30N6O. The Morgan fingerprint density at radius 1 is 1.09 bits per heavy atom. The number of hydrogen-bond donors (Lipinski definition) is 1. The molecule has 1 unspecified atom stereocenters. The van der Waals surface area contributed by atoms with E-state index >= 15 is 0 Å². The summed E-state index contributed by atoms with van der Waals surface area (Å²) in [5.74, 6) is 1.78. The van der Waals surface area contributed by atoms with Gasteiger partial charge in [0.2, 0.25) is 0 Å². The molecule has 1 aliphatic heterocycles. The fourth-order valence-electron chi connectivity index (χ4n) is 4.58. The number of nitrogens with zero attached hydrogens (tertiary/aromatic N) is 5. The van der Waals surface area contributed by atoms with Crippen molar-refractivity contribution in [1.82, 2.24) is 25.1 Å². The minimum Gasteiger partial charge on any atom is -0.496 e. The van der Waals surface area contributed by atoms with Crippen molar-refractivity contribution in [3.63, 3.8) is 0 Å². The third-order valence-corrected chi connectivity index (χ3v) is 5.93. The molecular weight excluding hydrogens is 400 g/mol. The minimum atomic E-state index is 0.123. The summed E-state index contributed by atoms with van der Waals surface area (Å²) in [5, 5.41) is 10.3. The molecule has 1 atom stereocenters. The smallest absolute Gasteiger partial charge is 0.130 e. The molecule has 4 heterocycles. The Bertz CT molecular complexity index is 1290. The van der Waals surface area contributed by atoms with Crippen LogP contribution in [0.25, 0.3) is 33.1 Å². The van der Waals surface area contributed by atoms with Gasteiger partial charge in [-0.05, 0) is 51.5 Å². The van der Waals surface area contributed by atoms with Crippen LogP contribution in [-0.2, 0) is 7.05 Å². The lowest BCUT2D eigenvalue weighted by Gasteiger charge is -2.26. The Balaban J connectivity index is 1.44. The van der Waals surface area contributed by atoms with Gasteiger partial charge in [-0.15, -0.1) is 0 Å². The van der Waals surface area contributed by atoms with Crippen molar-refractivity contribution in [3.05, 3.63) is 42.7 Å². The highest BCUT2D eigenvalue weighted by Gasteiger charge is 2.26. The zero-order valence-electron chi connectivity index (χ0n) is 19.4.